The summed E-state index contributed by atoms with van der Waals surface area (Å²) in [5, 5.41) is 11.9. The molecule has 0 spiro atoms. The average Bonchev–Trinajstić information content (AvgIpc) is 2.51. The van der Waals surface area contributed by atoms with E-state index in [0.717, 1.165) is 11.1 Å². The van der Waals surface area contributed by atoms with Crippen LogP contribution in [-0.2, 0) is 11.2 Å². The molecule has 0 saturated carbocycles. The molecule has 1 atom stereocenters. The van der Waals surface area contributed by atoms with Crippen LogP contribution in [-0.4, -0.2) is 28.5 Å². The van der Waals surface area contributed by atoms with E-state index in [1.807, 2.05) is 31.2 Å². The van der Waals surface area contributed by atoms with Crippen LogP contribution >= 0.6 is 0 Å². The third-order valence-corrected chi connectivity index (χ3v) is 3.72. The van der Waals surface area contributed by atoms with Gasteiger partial charge in [0.05, 0.1) is 5.92 Å². The van der Waals surface area contributed by atoms with Gasteiger partial charge in [-0.25, -0.2) is 0 Å². The Balaban J connectivity index is 2.04. The van der Waals surface area contributed by atoms with Crippen molar-refractivity contribution >= 4 is 11.9 Å². The summed E-state index contributed by atoms with van der Waals surface area (Å²) in [5.41, 5.74) is 2.08. The maximum Gasteiger partial charge on any atom is 0.308 e. The van der Waals surface area contributed by atoms with Gasteiger partial charge in [0.2, 0.25) is 0 Å². The molecule has 0 saturated heterocycles. The molecule has 3 N–H and O–H groups in total. The van der Waals surface area contributed by atoms with Crippen LogP contribution in [0.25, 0.3) is 0 Å². The summed E-state index contributed by atoms with van der Waals surface area (Å²) >= 11 is 0. The number of carbonyl (C=O) groups is 2. The number of aromatic nitrogens is 1. The molecule has 126 valence electrons. The number of carbonyl (C=O) groups excluding carboxylic acids is 1. The highest BCUT2D eigenvalue weighted by Gasteiger charge is 2.20. The monoisotopic (exact) mass is 328 g/mol. The van der Waals surface area contributed by atoms with Crippen LogP contribution in [0.5, 0.6) is 0 Å². The van der Waals surface area contributed by atoms with E-state index in [0.29, 0.717) is 12.1 Å². The fraction of sp³-hybridized carbons (Fsp3) is 0.278. The zero-order valence-corrected chi connectivity index (χ0v) is 13.6. The zero-order chi connectivity index (χ0) is 17.7. The van der Waals surface area contributed by atoms with Gasteiger partial charge in [0, 0.05) is 12.2 Å². The summed E-state index contributed by atoms with van der Waals surface area (Å²) in [5.74, 6) is -2.33. The van der Waals surface area contributed by atoms with E-state index in [1.165, 1.54) is 6.07 Å². The summed E-state index contributed by atoms with van der Waals surface area (Å²) in [4.78, 5) is 37.8. The van der Waals surface area contributed by atoms with Crippen molar-refractivity contribution in [2.45, 2.75) is 20.3 Å². The highest BCUT2D eigenvalue weighted by Crippen LogP contribution is 2.11. The lowest BCUT2D eigenvalue weighted by Crippen LogP contribution is -2.36. The van der Waals surface area contributed by atoms with Gasteiger partial charge in [-0.1, -0.05) is 29.8 Å². The first kappa shape index (κ1) is 17.5. The number of aryl methyl sites for hydroxylation is 2. The summed E-state index contributed by atoms with van der Waals surface area (Å²) in [6, 6.07) is 10.6. The second-order valence-corrected chi connectivity index (χ2v) is 5.82. The number of hydrogen-bond donors (Lipinski definition) is 3. The molecule has 2 aromatic rings. The molecule has 0 fully saturated rings. The second-order valence-electron chi connectivity index (χ2n) is 5.82. The molecule has 6 heteroatoms. The highest BCUT2D eigenvalue weighted by molar-refractivity contribution is 5.94. The van der Waals surface area contributed by atoms with Gasteiger partial charge in [-0.05, 0) is 38.0 Å². The van der Waals surface area contributed by atoms with E-state index in [-0.39, 0.29) is 12.1 Å². The van der Waals surface area contributed by atoms with Crippen molar-refractivity contribution in [1.82, 2.24) is 10.3 Å². The SMILES string of the molecule is Cc1cccc(CC(CNC(=O)c2ccc(C)[nH]c2=O)C(=O)O)c1. The predicted octanol–water partition coefficient (Wildman–Crippen LogP) is 1.67. The molecule has 0 bridgehead atoms. The van der Waals surface area contributed by atoms with Crippen molar-refractivity contribution in [3.05, 3.63) is 69.1 Å². The molecular weight excluding hydrogens is 308 g/mol. The summed E-state index contributed by atoms with van der Waals surface area (Å²) in [6.45, 7) is 3.60. The lowest BCUT2D eigenvalue weighted by Gasteiger charge is -2.14. The molecule has 1 unspecified atom stereocenters. The molecule has 1 aromatic carbocycles. The van der Waals surface area contributed by atoms with Gasteiger partial charge in [-0.3, -0.25) is 14.4 Å². The third-order valence-electron chi connectivity index (χ3n) is 3.72. The molecule has 0 aliphatic rings. The molecule has 2 rings (SSSR count). The van der Waals surface area contributed by atoms with Crippen LogP contribution in [0, 0.1) is 19.8 Å². The lowest BCUT2D eigenvalue weighted by molar-refractivity contribution is -0.141. The van der Waals surface area contributed by atoms with Gasteiger partial charge in [-0.15, -0.1) is 0 Å². The Hall–Kier alpha value is -2.89. The quantitative estimate of drug-likeness (QED) is 0.751. The number of hydrogen-bond acceptors (Lipinski definition) is 3. The van der Waals surface area contributed by atoms with Crippen LogP contribution in [0.1, 0.15) is 27.2 Å². The minimum atomic E-state index is -0.991. The number of aliphatic carboxylic acids is 1. The van der Waals surface area contributed by atoms with E-state index in [2.05, 4.69) is 10.3 Å². The van der Waals surface area contributed by atoms with Crippen LogP contribution in [0.4, 0.5) is 0 Å². The van der Waals surface area contributed by atoms with Gasteiger partial charge in [0.25, 0.3) is 11.5 Å². The predicted molar refractivity (Wildman–Crippen MR) is 90.1 cm³/mol. The second kappa shape index (κ2) is 7.59. The van der Waals surface area contributed by atoms with Crippen molar-refractivity contribution in [2.75, 3.05) is 6.54 Å². The number of nitrogens with one attached hydrogen (secondary N) is 2. The van der Waals surface area contributed by atoms with Gasteiger partial charge in [0.15, 0.2) is 0 Å². The van der Waals surface area contributed by atoms with Crippen molar-refractivity contribution < 1.29 is 14.7 Å². The first-order chi connectivity index (χ1) is 11.4. The molecule has 0 aliphatic heterocycles. The minimum absolute atomic E-state index is 0.0275. The Morgan fingerprint density at radius 2 is 1.96 bits per heavy atom. The Labute approximate surface area is 139 Å². The summed E-state index contributed by atoms with van der Waals surface area (Å²) in [6.07, 6.45) is 0.307. The fourth-order valence-corrected chi connectivity index (χ4v) is 2.43. The topological polar surface area (TPSA) is 99.3 Å². The molecule has 6 nitrogen and oxygen atoms in total. The van der Waals surface area contributed by atoms with Crippen LogP contribution in [0.15, 0.2) is 41.2 Å². The van der Waals surface area contributed by atoms with Crippen molar-refractivity contribution in [2.24, 2.45) is 5.92 Å². The smallest absolute Gasteiger partial charge is 0.308 e. The van der Waals surface area contributed by atoms with Crippen molar-refractivity contribution in [1.29, 1.82) is 0 Å². The largest absolute Gasteiger partial charge is 0.481 e. The Kier molecular flexibility index (Phi) is 5.52. The number of amides is 1. The first-order valence-electron chi connectivity index (χ1n) is 7.63. The fourth-order valence-electron chi connectivity index (χ4n) is 2.43. The maximum atomic E-state index is 12.1. The number of rotatable bonds is 6. The third kappa shape index (κ3) is 4.55. The van der Waals surface area contributed by atoms with Gasteiger partial charge in [-0.2, -0.15) is 0 Å². The lowest BCUT2D eigenvalue weighted by atomic mass is 9.98. The number of benzene rings is 1. The Morgan fingerprint density at radius 1 is 1.21 bits per heavy atom. The molecular formula is C18H20N2O4. The molecule has 0 radical (unpaired) electrons. The molecule has 24 heavy (non-hydrogen) atoms. The van der Waals surface area contributed by atoms with E-state index in [9.17, 15) is 19.5 Å². The number of H-pyrrole nitrogens is 1. The Bertz CT molecular complexity index is 811. The number of aromatic amines is 1. The van der Waals surface area contributed by atoms with Gasteiger partial charge in [0.1, 0.15) is 5.56 Å². The van der Waals surface area contributed by atoms with E-state index >= 15 is 0 Å². The van der Waals surface area contributed by atoms with Crippen LogP contribution in [0.3, 0.4) is 0 Å². The van der Waals surface area contributed by atoms with Crippen LogP contribution < -0.4 is 10.9 Å². The normalized spacial score (nSPS) is 11.8. The number of pyridine rings is 1. The standard InChI is InChI=1S/C18H20N2O4/c1-11-4-3-5-13(8-11)9-14(18(23)24)10-19-16(21)15-7-6-12(2)20-17(15)22/h3-8,14H,9-10H2,1-2H3,(H,19,21)(H,20,22)(H,23,24). The zero-order valence-electron chi connectivity index (χ0n) is 13.6. The molecule has 0 aliphatic carbocycles. The molecule has 1 heterocycles. The van der Waals surface area contributed by atoms with Crippen molar-refractivity contribution in [3.63, 3.8) is 0 Å². The maximum absolute atomic E-state index is 12.1. The average molecular weight is 328 g/mol. The number of carboxylic acid groups (broad SMARTS) is 1. The highest BCUT2D eigenvalue weighted by atomic mass is 16.4. The van der Waals surface area contributed by atoms with E-state index in [4.69, 9.17) is 0 Å². The summed E-state index contributed by atoms with van der Waals surface area (Å²) in [7, 11) is 0. The van der Waals surface area contributed by atoms with E-state index < -0.39 is 23.4 Å². The van der Waals surface area contributed by atoms with Crippen molar-refractivity contribution in [3.8, 4) is 0 Å². The van der Waals surface area contributed by atoms with E-state index in [1.54, 1.807) is 13.0 Å². The minimum Gasteiger partial charge on any atom is -0.481 e. The summed E-state index contributed by atoms with van der Waals surface area (Å²) < 4.78 is 0. The number of carboxylic acids is 1. The molecule has 1 amide bonds. The Morgan fingerprint density at radius 3 is 2.58 bits per heavy atom. The van der Waals surface area contributed by atoms with Gasteiger partial charge < -0.3 is 15.4 Å². The van der Waals surface area contributed by atoms with Gasteiger partial charge >= 0.3 is 5.97 Å². The van der Waals surface area contributed by atoms with Crippen LogP contribution in [0.2, 0.25) is 0 Å². The first-order valence-corrected chi connectivity index (χ1v) is 7.63. The molecule has 1 aromatic heterocycles.